The van der Waals surface area contributed by atoms with Gasteiger partial charge in [0.05, 0.1) is 5.69 Å². The molecule has 0 saturated carbocycles. The van der Waals surface area contributed by atoms with Gasteiger partial charge in [0.2, 0.25) is 0 Å². The van der Waals surface area contributed by atoms with Gasteiger partial charge in [0.15, 0.2) is 0 Å². The highest BCUT2D eigenvalue weighted by atomic mass is 19.4. The maximum atomic E-state index is 12.3. The molecular weight excluding hydrogens is 319 g/mol. The third kappa shape index (κ3) is 5.42. The summed E-state index contributed by atoms with van der Waals surface area (Å²) >= 11 is 0. The van der Waals surface area contributed by atoms with Gasteiger partial charge in [0.1, 0.15) is 11.6 Å². The lowest BCUT2D eigenvalue weighted by molar-refractivity contribution is -0.274. The third-order valence-electron chi connectivity index (χ3n) is 3.37. The Balaban J connectivity index is 2.20. The highest BCUT2D eigenvalue weighted by Crippen LogP contribution is 2.27. The number of pyridine rings is 1. The second kappa shape index (κ2) is 7.53. The average molecular weight is 339 g/mol. The predicted octanol–water partition coefficient (Wildman–Crippen LogP) is 3.65. The lowest BCUT2D eigenvalue weighted by Crippen LogP contribution is -2.29. The van der Waals surface area contributed by atoms with Crippen LogP contribution in [0.15, 0.2) is 42.5 Å². The Morgan fingerprint density at radius 1 is 1.00 bits per heavy atom. The lowest BCUT2D eigenvalue weighted by Gasteiger charge is -2.21. The first-order valence-electron chi connectivity index (χ1n) is 7.44. The second-order valence-electron chi connectivity index (χ2n) is 5.68. The molecule has 0 aliphatic rings. The van der Waals surface area contributed by atoms with Gasteiger partial charge in [0.25, 0.3) is 0 Å². The second-order valence-corrected chi connectivity index (χ2v) is 5.68. The molecule has 1 aromatic heterocycles. The molecule has 0 aliphatic heterocycles. The van der Waals surface area contributed by atoms with Crippen molar-refractivity contribution >= 4 is 5.82 Å². The van der Waals surface area contributed by atoms with E-state index in [1.54, 1.807) is 12.1 Å². The fourth-order valence-electron chi connectivity index (χ4n) is 2.11. The van der Waals surface area contributed by atoms with E-state index in [0.717, 1.165) is 18.9 Å². The predicted molar refractivity (Wildman–Crippen MR) is 88.2 cm³/mol. The molecule has 0 amide bonds. The van der Waals surface area contributed by atoms with Gasteiger partial charge in [0, 0.05) is 25.7 Å². The molecule has 0 spiro atoms. The molecule has 0 unspecified atom stereocenters. The largest absolute Gasteiger partial charge is 0.573 e. The van der Waals surface area contributed by atoms with Crippen LogP contribution in [0.4, 0.5) is 19.0 Å². The number of halogens is 3. The van der Waals surface area contributed by atoms with Crippen molar-refractivity contribution in [1.29, 1.82) is 0 Å². The molecule has 1 aromatic carbocycles. The normalized spacial score (nSPS) is 11.6. The number of anilines is 1. The molecule has 2 aromatic rings. The van der Waals surface area contributed by atoms with Crippen LogP contribution in [0.3, 0.4) is 0 Å². The van der Waals surface area contributed by atoms with Crippen LogP contribution in [0, 0.1) is 0 Å². The zero-order valence-corrected chi connectivity index (χ0v) is 13.8. The minimum atomic E-state index is -4.71. The van der Waals surface area contributed by atoms with Crippen molar-refractivity contribution in [1.82, 2.24) is 9.88 Å². The Hall–Kier alpha value is -2.28. The number of hydrogen-bond donors (Lipinski definition) is 0. The minimum Gasteiger partial charge on any atom is -0.406 e. The summed E-state index contributed by atoms with van der Waals surface area (Å²) in [6.07, 6.45) is -4.71. The van der Waals surface area contributed by atoms with Crippen molar-refractivity contribution in [3.8, 4) is 17.0 Å². The number of ether oxygens (including phenoxy) is 1. The van der Waals surface area contributed by atoms with Gasteiger partial charge in [-0.2, -0.15) is 0 Å². The van der Waals surface area contributed by atoms with E-state index in [2.05, 4.69) is 14.6 Å². The number of rotatable bonds is 6. The van der Waals surface area contributed by atoms with Crippen molar-refractivity contribution in [2.45, 2.75) is 6.36 Å². The number of aromatic nitrogens is 1. The summed E-state index contributed by atoms with van der Waals surface area (Å²) in [5.41, 5.74) is 1.16. The van der Waals surface area contributed by atoms with Crippen LogP contribution in [0.2, 0.25) is 0 Å². The highest BCUT2D eigenvalue weighted by molar-refractivity contribution is 5.63. The first kappa shape index (κ1) is 18.1. The summed E-state index contributed by atoms with van der Waals surface area (Å²) in [6, 6.07) is 11.3. The minimum absolute atomic E-state index is 0.256. The van der Waals surface area contributed by atoms with E-state index >= 15 is 0 Å². The van der Waals surface area contributed by atoms with Crippen LogP contribution in [0.5, 0.6) is 5.75 Å². The molecule has 7 heteroatoms. The van der Waals surface area contributed by atoms with E-state index in [0.29, 0.717) is 11.3 Å². The molecule has 0 bridgehead atoms. The molecule has 130 valence electrons. The maximum Gasteiger partial charge on any atom is 0.573 e. The fourth-order valence-corrected chi connectivity index (χ4v) is 2.11. The lowest BCUT2D eigenvalue weighted by atomic mass is 10.1. The first-order valence-corrected chi connectivity index (χ1v) is 7.44. The Kier molecular flexibility index (Phi) is 5.66. The van der Waals surface area contributed by atoms with E-state index in [4.69, 9.17) is 0 Å². The Morgan fingerprint density at radius 3 is 2.38 bits per heavy atom. The smallest absolute Gasteiger partial charge is 0.406 e. The van der Waals surface area contributed by atoms with E-state index < -0.39 is 6.36 Å². The quantitative estimate of drug-likeness (QED) is 0.803. The molecule has 0 radical (unpaired) electrons. The van der Waals surface area contributed by atoms with Gasteiger partial charge in [-0.05, 0) is 38.4 Å². The van der Waals surface area contributed by atoms with E-state index in [-0.39, 0.29) is 5.75 Å². The number of benzene rings is 1. The number of hydrogen-bond acceptors (Lipinski definition) is 4. The SMILES string of the molecule is CN(C)CCN(C)c1cccc(-c2cccc(OC(F)(F)F)c2)n1. The molecule has 1 heterocycles. The average Bonchev–Trinajstić information content (AvgIpc) is 2.51. The van der Waals surface area contributed by atoms with E-state index in [1.165, 1.54) is 18.2 Å². The van der Waals surface area contributed by atoms with Crippen LogP contribution in [-0.4, -0.2) is 50.5 Å². The standard InChI is InChI=1S/C17H20F3N3O/c1-22(2)10-11-23(3)16-9-5-8-15(21-16)13-6-4-7-14(12-13)24-17(18,19)20/h4-9,12H,10-11H2,1-3H3. The summed E-state index contributed by atoms with van der Waals surface area (Å²) in [7, 11) is 5.91. The monoisotopic (exact) mass is 339 g/mol. The van der Waals surface area contributed by atoms with Gasteiger partial charge in [-0.25, -0.2) is 4.98 Å². The summed E-state index contributed by atoms with van der Waals surface area (Å²) in [5, 5.41) is 0. The van der Waals surface area contributed by atoms with Crippen LogP contribution >= 0.6 is 0 Å². The van der Waals surface area contributed by atoms with Crippen molar-refractivity contribution in [2.75, 3.05) is 39.1 Å². The van der Waals surface area contributed by atoms with Crippen LogP contribution in [-0.2, 0) is 0 Å². The molecule has 0 N–H and O–H groups in total. The molecule has 0 saturated heterocycles. The Morgan fingerprint density at radius 2 is 1.71 bits per heavy atom. The topological polar surface area (TPSA) is 28.6 Å². The summed E-state index contributed by atoms with van der Waals surface area (Å²) in [5.74, 6) is 0.504. The Bertz CT molecular complexity index is 674. The molecule has 0 aliphatic carbocycles. The zero-order chi connectivity index (χ0) is 17.7. The molecule has 0 fully saturated rings. The Labute approximate surface area is 139 Å². The van der Waals surface area contributed by atoms with Crippen LogP contribution < -0.4 is 9.64 Å². The van der Waals surface area contributed by atoms with Crippen molar-refractivity contribution < 1.29 is 17.9 Å². The summed E-state index contributed by atoms with van der Waals surface area (Å²) in [6.45, 7) is 1.66. The van der Waals surface area contributed by atoms with Crippen LogP contribution in [0.25, 0.3) is 11.3 Å². The highest BCUT2D eigenvalue weighted by Gasteiger charge is 2.31. The molecule has 2 rings (SSSR count). The van der Waals surface area contributed by atoms with Crippen molar-refractivity contribution in [2.24, 2.45) is 0 Å². The zero-order valence-electron chi connectivity index (χ0n) is 13.8. The van der Waals surface area contributed by atoms with Crippen molar-refractivity contribution in [3.63, 3.8) is 0 Å². The van der Waals surface area contributed by atoms with Gasteiger partial charge in [-0.15, -0.1) is 13.2 Å². The number of nitrogens with zero attached hydrogens (tertiary/aromatic N) is 3. The maximum absolute atomic E-state index is 12.3. The van der Waals surface area contributed by atoms with Gasteiger partial charge >= 0.3 is 6.36 Å². The van der Waals surface area contributed by atoms with E-state index in [1.807, 2.05) is 38.2 Å². The molecule has 4 nitrogen and oxygen atoms in total. The van der Waals surface area contributed by atoms with Gasteiger partial charge in [-0.1, -0.05) is 18.2 Å². The first-order chi connectivity index (χ1) is 11.2. The van der Waals surface area contributed by atoms with Crippen molar-refractivity contribution in [3.05, 3.63) is 42.5 Å². The van der Waals surface area contributed by atoms with Crippen LogP contribution in [0.1, 0.15) is 0 Å². The fraction of sp³-hybridized carbons (Fsp3) is 0.353. The third-order valence-corrected chi connectivity index (χ3v) is 3.37. The molecule has 24 heavy (non-hydrogen) atoms. The molecular formula is C17H20F3N3O. The van der Waals surface area contributed by atoms with E-state index in [9.17, 15) is 13.2 Å². The molecule has 0 atom stereocenters. The van der Waals surface area contributed by atoms with Gasteiger partial charge in [-0.3, -0.25) is 0 Å². The number of alkyl halides is 3. The summed E-state index contributed by atoms with van der Waals surface area (Å²) < 4.78 is 41.0. The summed E-state index contributed by atoms with van der Waals surface area (Å²) in [4.78, 5) is 8.60. The number of likely N-dealkylation sites (N-methyl/N-ethyl adjacent to an activating group) is 2. The van der Waals surface area contributed by atoms with Gasteiger partial charge < -0.3 is 14.5 Å².